The van der Waals surface area contributed by atoms with Crippen LogP contribution in [0.3, 0.4) is 0 Å². The van der Waals surface area contributed by atoms with Crippen molar-refractivity contribution in [2.75, 3.05) is 37.4 Å². The van der Waals surface area contributed by atoms with E-state index in [2.05, 4.69) is 39.7 Å². The summed E-state index contributed by atoms with van der Waals surface area (Å²) in [6, 6.07) is 12.0. The molecule has 198 valence electrons. The van der Waals surface area contributed by atoms with Crippen molar-refractivity contribution in [2.45, 2.75) is 39.8 Å². The Bertz CT molecular complexity index is 1150. The van der Waals surface area contributed by atoms with Gasteiger partial charge in [0.1, 0.15) is 11.9 Å². The number of anilines is 2. The van der Waals surface area contributed by atoms with Crippen LogP contribution in [0.15, 0.2) is 59.5 Å². The third kappa shape index (κ3) is 8.25. The van der Waals surface area contributed by atoms with Crippen LogP contribution in [0.5, 0.6) is 5.75 Å². The topological polar surface area (TPSA) is 118 Å². The first-order valence-electron chi connectivity index (χ1n) is 12.4. The van der Waals surface area contributed by atoms with Crippen molar-refractivity contribution in [1.29, 1.82) is 0 Å². The van der Waals surface area contributed by atoms with E-state index in [1.54, 1.807) is 43.6 Å². The normalized spacial score (nSPS) is 11.6. The van der Waals surface area contributed by atoms with Crippen LogP contribution < -0.4 is 20.7 Å². The van der Waals surface area contributed by atoms with Gasteiger partial charge in [0.2, 0.25) is 0 Å². The lowest BCUT2D eigenvalue weighted by Gasteiger charge is -2.24. The fourth-order valence-corrected chi connectivity index (χ4v) is 3.76. The molecule has 0 spiro atoms. The van der Waals surface area contributed by atoms with E-state index in [1.807, 2.05) is 19.1 Å². The number of methoxy groups -OCH3 is 1. The van der Waals surface area contributed by atoms with E-state index in [0.717, 1.165) is 30.6 Å². The fraction of sp³-hybridized carbons (Fsp3) is 0.370. The molecule has 0 aliphatic carbocycles. The number of benzene rings is 2. The molecule has 1 heterocycles. The molecule has 3 N–H and O–H groups in total. The molecule has 0 bridgehead atoms. The van der Waals surface area contributed by atoms with Crippen LogP contribution in [0.4, 0.5) is 21.0 Å². The molecule has 1 atom stereocenters. The van der Waals surface area contributed by atoms with Gasteiger partial charge in [-0.05, 0) is 49.3 Å². The van der Waals surface area contributed by atoms with Gasteiger partial charge in [-0.15, -0.1) is 0 Å². The minimum atomic E-state index is -0.460. The SMILES string of the molecule is CCC(CN(CC)CC)OC(=O)NCc1cccc(NC(=O)Nc2ccc(-c3cnco3)c(OC)c2)c1. The van der Waals surface area contributed by atoms with Gasteiger partial charge in [-0.1, -0.05) is 32.9 Å². The summed E-state index contributed by atoms with van der Waals surface area (Å²) in [5.41, 5.74) is 2.68. The predicted molar refractivity (Wildman–Crippen MR) is 143 cm³/mol. The van der Waals surface area contributed by atoms with Crippen molar-refractivity contribution < 1.29 is 23.5 Å². The molecule has 3 amide bonds. The Hall–Kier alpha value is -4.05. The Balaban J connectivity index is 1.53. The van der Waals surface area contributed by atoms with Crippen molar-refractivity contribution >= 4 is 23.5 Å². The Morgan fingerprint density at radius 1 is 1.05 bits per heavy atom. The van der Waals surface area contributed by atoms with E-state index in [1.165, 1.54) is 6.39 Å². The molecule has 2 aromatic carbocycles. The maximum absolute atomic E-state index is 12.6. The van der Waals surface area contributed by atoms with E-state index in [4.69, 9.17) is 13.9 Å². The zero-order chi connectivity index (χ0) is 26.6. The van der Waals surface area contributed by atoms with Crippen molar-refractivity contribution in [3.05, 3.63) is 60.6 Å². The number of nitrogens with zero attached hydrogens (tertiary/aromatic N) is 2. The van der Waals surface area contributed by atoms with Gasteiger partial charge in [0.05, 0.1) is 18.9 Å². The number of likely N-dealkylation sites (N-methyl/N-ethyl adjacent to an activating group) is 1. The minimum absolute atomic E-state index is 0.167. The molecule has 0 aliphatic heterocycles. The molecule has 37 heavy (non-hydrogen) atoms. The number of alkyl carbamates (subject to hydrolysis) is 1. The molecule has 0 fully saturated rings. The molecule has 3 aromatic rings. The average molecular weight is 510 g/mol. The smallest absolute Gasteiger partial charge is 0.407 e. The molecule has 10 nitrogen and oxygen atoms in total. The zero-order valence-electron chi connectivity index (χ0n) is 21.7. The number of amides is 3. The zero-order valence-corrected chi connectivity index (χ0v) is 21.7. The number of carbonyl (C=O) groups excluding carboxylic acids is 2. The fourth-order valence-electron chi connectivity index (χ4n) is 3.76. The molecule has 3 rings (SSSR count). The Morgan fingerprint density at radius 3 is 2.46 bits per heavy atom. The summed E-state index contributed by atoms with van der Waals surface area (Å²) in [5, 5.41) is 8.38. The highest BCUT2D eigenvalue weighted by atomic mass is 16.6. The number of hydrogen-bond donors (Lipinski definition) is 3. The number of hydrogen-bond acceptors (Lipinski definition) is 7. The standard InChI is InChI=1S/C27H35N5O5/c1-5-22(17-32(6-2)7-3)37-27(34)29-15-19-9-8-10-20(13-19)30-26(33)31-21-11-12-23(24(14-21)35-4)25-16-28-18-36-25/h8-14,16,18,22H,5-7,15,17H2,1-4H3,(H,29,34)(H2,30,31,33). The first kappa shape index (κ1) is 27.5. The second kappa shape index (κ2) is 13.9. The summed E-state index contributed by atoms with van der Waals surface area (Å²) in [7, 11) is 1.54. The minimum Gasteiger partial charge on any atom is -0.496 e. The molecular formula is C27H35N5O5. The van der Waals surface area contributed by atoms with E-state index in [-0.39, 0.29) is 12.6 Å². The van der Waals surface area contributed by atoms with Crippen molar-refractivity contribution in [3.8, 4) is 17.1 Å². The molecule has 0 saturated heterocycles. The molecule has 0 aliphatic rings. The number of oxazole rings is 1. The number of rotatable bonds is 12. The summed E-state index contributed by atoms with van der Waals surface area (Å²) >= 11 is 0. The van der Waals surface area contributed by atoms with Crippen molar-refractivity contribution in [2.24, 2.45) is 0 Å². The van der Waals surface area contributed by atoms with Crippen LogP contribution in [-0.4, -0.2) is 54.9 Å². The Labute approximate surface area is 217 Å². The van der Waals surface area contributed by atoms with Gasteiger partial charge in [0.25, 0.3) is 0 Å². The summed E-state index contributed by atoms with van der Waals surface area (Å²) < 4.78 is 16.3. The molecule has 10 heteroatoms. The van der Waals surface area contributed by atoms with Crippen molar-refractivity contribution in [1.82, 2.24) is 15.2 Å². The largest absolute Gasteiger partial charge is 0.496 e. The maximum Gasteiger partial charge on any atom is 0.407 e. The summed E-state index contributed by atoms with van der Waals surface area (Å²) in [6.45, 7) is 8.98. The highest BCUT2D eigenvalue weighted by Crippen LogP contribution is 2.32. The highest BCUT2D eigenvalue weighted by Gasteiger charge is 2.15. The van der Waals surface area contributed by atoms with Gasteiger partial charge in [-0.2, -0.15) is 0 Å². The second-order valence-electron chi connectivity index (χ2n) is 8.34. The van der Waals surface area contributed by atoms with Crippen LogP contribution >= 0.6 is 0 Å². The van der Waals surface area contributed by atoms with Gasteiger partial charge < -0.3 is 34.7 Å². The van der Waals surface area contributed by atoms with Crippen LogP contribution in [0.25, 0.3) is 11.3 Å². The van der Waals surface area contributed by atoms with Gasteiger partial charge in [0.15, 0.2) is 12.2 Å². The second-order valence-corrected chi connectivity index (χ2v) is 8.34. The van der Waals surface area contributed by atoms with Crippen LogP contribution in [-0.2, 0) is 11.3 Å². The number of carbonyl (C=O) groups is 2. The lowest BCUT2D eigenvalue weighted by Crippen LogP contribution is -2.37. The van der Waals surface area contributed by atoms with E-state index >= 15 is 0 Å². The number of nitrogens with one attached hydrogen (secondary N) is 3. The molecule has 0 saturated carbocycles. The summed E-state index contributed by atoms with van der Waals surface area (Å²) in [5.74, 6) is 1.10. The quantitative estimate of drug-likeness (QED) is 0.302. The third-order valence-electron chi connectivity index (χ3n) is 5.86. The van der Waals surface area contributed by atoms with Crippen LogP contribution in [0, 0.1) is 0 Å². The Morgan fingerprint density at radius 2 is 1.81 bits per heavy atom. The summed E-state index contributed by atoms with van der Waals surface area (Å²) in [4.78, 5) is 31.0. The van der Waals surface area contributed by atoms with Gasteiger partial charge >= 0.3 is 12.1 Å². The number of ether oxygens (including phenoxy) is 2. The van der Waals surface area contributed by atoms with Gasteiger partial charge in [-0.3, -0.25) is 0 Å². The van der Waals surface area contributed by atoms with E-state index in [9.17, 15) is 9.59 Å². The van der Waals surface area contributed by atoms with E-state index < -0.39 is 12.1 Å². The third-order valence-corrected chi connectivity index (χ3v) is 5.86. The highest BCUT2D eigenvalue weighted by molar-refractivity contribution is 6.00. The average Bonchev–Trinajstić information content (AvgIpc) is 3.44. The van der Waals surface area contributed by atoms with Crippen molar-refractivity contribution in [3.63, 3.8) is 0 Å². The number of aromatic nitrogens is 1. The maximum atomic E-state index is 12.6. The van der Waals surface area contributed by atoms with Crippen LogP contribution in [0.1, 0.15) is 32.8 Å². The predicted octanol–water partition coefficient (Wildman–Crippen LogP) is 5.34. The molecule has 1 unspecified atom stereocenters. The molecule has 1 aromatic heterocycles. The van der Waals surface area contributed by atoms with Crippen LogP contribution in [0.2, 0.25) is 0 Å². The van der Waals surface area contributed by atoms with E-state index in [0.29, 0.717) is 29.4 Å². The lowest BCUT2D eigenvalue weighted by atomic mass is 10.1. The molecule has 0 radical (unpaired) electrons. The van der Waals surface area contributed by atoms with Gasteiger partial charge in [-0.25, -0.2) is 14.6 Å². The monoisotopic (exact) mass is 509 g/mol. The van der Waals surface area contributed by atoms with Gasteiger partial charge in [0, 0.05) is 30.5 Å². The first-order valence-corrected chi connectivity index (χ1v) is 12.4. The molecular weight excluding hydrogens is 474 g/mol. The number of urea groups is 1. The first-order chi connectivity index (χ1) is 17.9. The Kier molecular flexibility index (Phi) is 10.3. The summed E-state index contributed by atoms with van der Waals surface area (Å²) in [6.07, 6.45) is 3.05. The lowest BCUT2D eigenvalue weighted by molar-refractivity contribution is 0.0698.